The Bertz CT molecular complexity index is 1140. The number of carbonyl (C=O) groups is 1. The van der Waals surface area contributed by atoms with Gasteiger partial charge < -0.3 is 9.64 Å². The molecule has 0 saturated carbocycles. The van der Waals surface area contributed by atoms with E-state index >= 15 is 0 Å². The van der Waals surface area contributed by atoms with Crippen LogP contribution < -0.4 is 4.74 Å². The second-order valence-corrected chi connectivity index (χ2v) is 7.73. The van der Waals surface area contributed by atoms with Gasteiger partial charge in [-0.1, -0.05) is 41.9 Å². The van der Waals surface area contributed by atoms with Crippen LogP contribution in [0.1, 0.15) is 11.1 Å². The maximum Gasteiger partial charge on any atom is 0.350 e. The smallest absolute Gasteiger partial charge is 0.350 e. The number of methoxy groups -OCH3 is 1. The maximum absolute atomic E-state index is 12.7. The van der Waals surface area contributed by atoms with Crippen LogP contribution in [0, 0.1) is 0 Å². The predicted octanol–water partition coefficient (Wildman–Crippen LogP) is 3.40. The molecule has 3 aliphatic heterocycles. The summed E-state index contributed by atoms with van der Waals surface area (Å²) in [5.41, 5.74) is 2.46. The molecule has 2 aromatic rings. The van der Waals surface area contributed by atoms with Crippen molar-refractivity contribution in [3.8, 4) is 5.75 Å². The SMILES string of the molecule is COc1ccc(CN2C(=O)N=C3C2=NC=NC2C3N=CN2Cc2ccccc2Cl)cc1. The van der Waals surface area contributed by atoms with Crippen molar-refractivity contribution in [3.63, 3.8) is 0 Å². The summed E-state index contributed by atoms with van der Waals surface area (Å²) in [6.07, 6.45) is 2.91. The molecule has 0 spiro atoms. The number of urea groups is 1. The lowest BCUT2D eigenvalue weighted by molar-refractivity contribution is 0.231. The average Bonchev–Trinajstić information content (AvgIpc) is 3.25. The van der Waals surface area contributed by atoms with Gasteiger partial charge in [0, 0.05) is 11.6 Å². The summed E-state index contributed by atoms with van der Waals surface area (Å²) in [7, 11) is 1.62. The Kier molecular flexibility index (Phi) is 4.99. The van der Waals surface area contributed by atoms with Crippen LogP contribution in [0.25, 0.3) is 0 Å². The zero-order valence-corrected chi connectivity index (χ0v) is 17.5. The molecule has 0 radical (unpaired) electrons. The number of amidine groups is 1. The molecule has 31 heavy (non-hydrogen) atoms. The predicted molar refractivity (Wildman–Crippen MR) is 120 cm³/mol. The van der Waals surface area contributed by atoms with Gasteiger partial charge in [0.1, 0.15) is 23.8 Å². The van der Waals surface area contributed by atoms with Gasteiger partial charge in [0.25, 0.3) is 0 Å². The zero-order valence-electron chi connectivity index (χ0n) is 16.7. The summed E-state index contributed by atoms with van der Waals surface area (Å²) in [5, 5.41) is 0.688. The van der Waals surface area contributed by atoms with Crippen LogP contribution in [0.2, 0.25) is 5.02 Å². The summed E-state index contributed by atoms with van der Waals surface area (Å²) in [4.78, 5) is 34.1. The summed E-state index contributed by atoms with van der Waals surface area (Å²) in [6, 6.07) is 14.5. The van der Waals surface area contributed by atoms with Gasteiger partial charge in [-0.05, 0) is 29.3 Å². The first-order valence-corrected chi connectivity index (χ1v) is 10.2. The van der Waals surface area contributed by atoms with E-state index < -0.39 is 6.04 Å². The molecular weight excluding hydrogens is 416 g/mol. The topological polar surface area (TPSA) is 82.2 Å². The molecule has 156 valence electrons. The number of fused-ring (bicyclic) bond motifs is 3. The largest absolute Gasteiger partial charge is 0.497 e. The van der Waals surface area contributed by atoms with Crippen LogP contribution in [0.15, 0.2) is 68.5 Å². The standard InChI is InChI=1S/C22H19ClN6O2/c1-31-16-8-6-14(7-9-16)10-29-21-19(27-22(29)30)18-20(24-12-25-21)28(13-26-18)11-15-4-2-3-5-17(15)23/h2-9,12-13,18,20H,10-11H2,1H3. The minimum atomic E-state index is -0.398. The lowest BCUT2D eigenvalue weighted by Crippen LogP contribution is -2.42. The minimum Gasteiger partial charge on any atom is -0.497 e. The molecule has 0 saturated heterocycles. The van der Waals surface area contributed by atoms with Gasteiger partial charge in [0.2, 0.25) is 0 Å². The van der Waals surface area contributed by atoms with Crippen molar-refractivity contribution < 1.29 is 9.53 Å². The molecule has 0 bridgehead atoms. The highest BCUT2D eigenvalue weighted by molar-refractivity contribution is 6.51. The Balaban J connectivity index is 1.36. The third-order valence-corrected chi connectivity index (χ3v) is 5.79. The molecule has 2 aromatic carbocycles. The van der Waals surface area contributed by atoms with E-state index in [9.17, 15) is 4.79 Å². The van der Waals surface area contributed by atoms with E-state index in [2.05, 4.69) is 20.0 Å². The molecule has 9 heteroatoms. The molecule has 2 unspecified atom stereocenters. The fourth-order valence-corrected chi connectivity index (χ4v) is 4.01. The Morgan fingerprint density at radius 2 is 1.87 bits per heavy atom. The van der Waals surface area contributed by atoms with Crippen molar-refractivity contribution >= 4 is 41.9 Å². The van der Waals surface area contributed by atoms with Crippen molar-refractivity contribution in [1.82, 2.24) is 9.80 Å². The van der Waals surface area contributed by atoms with Crippen molar-refractivity contribution in [1.29, 1.82) is 0 Å². The molecule has 0 aromatic heterocycles. The number of aliphatic imine (C=N–C) groups is 4. The van der Waals surface area contributed by atoms with Gasteiger partial charge in [-0.2, -0.15) is 4.99 Å². The number of nitrogens with zero attached hydrogens (tertiary/aromatic N) is 6. The highest BCUT2D eigenvalue weighted by Crippen LogP contribution is 2.27. The van der Waals surface area contributed by atoms with E-state index in [1.165, 1.54) is 6.34 Å². The molecule has 3 heterocycles. The number of benzene rings is 2. The van der Waals surface area contributed by atoms with Crippen molar-refractivity contribution in [2.75, 3.05) is 7.11 Å². The monoisotopic (exact) mass is 434 g/mol. The Hall–Kier alpha value is -3.52. The Labute approximate surface area is 184 Å². The normalized spacial score (nSPS) is 21.5. The molecule has 0 aliphatic carbocycles. The van der Waals surface area contributed by atoms with Crippen LogP contribution in [0.4, 0.5) is 4.79 Å². The van der Waals surface area contributed by atoms with E-state index in [4.69, 9.17) is 16.3 Å². The molecule has 0 N–H and O–H groups in total. The molecular formula is C22H19ClN6O2. The number of halogens is 1. The van der Waals surface area contributed by atoms with Crippen LogP contribution >= 0.6 is 11.6 Å². The average molecular weight is 435 g/mol. The van der Waals surface area contributed by atoms with Crippen LogP contribution in [-0.2, 0) is 13.1 Å². The van der Waals surface area contributed by atoms with Crippen LogP contribution in [0.5, 0.6) is 5.75 Å². The number of amides is 2. The van der Waals surface area contributed by atoms with Crippen LogP contribution in [0.3, 0.4) is 0 Å². The number of rotatable bonds is 5. The minimum absolute atomic E-state index is 0.329. The van der Waals surface area contributed by atoms with Gasteiger partial charge in [0.05, 0.1) is 20.0 Å². The summed E-state index contributed by atoms with van der Waals surface area (Å²) >= 11 is 6.32. The zero-order chi connectivity index (χ0) is 21.4. The van der Waals surface area contributed by atoms with E-state index in [1.54, 1.807) is 18.3 Å². The fraction of sp³-hybridized carbons (Fsp3) is 0.227. The van der Waals surface area contributed by atoms with Gasteiger partial charge in [-0.25, -0.2) is 14.8 Å². The molecule has 0 fully saturated rings. The highest BCUT2D eigenvalue weighted by Gasteiger charge is 2.43. The molecule has 2 atom stereocenters. The molecule has 3 aliphatic rings. The number of hydrogen-bond donors (Lipinski definition) is 0. The summed E-state index contributed by atoms with van der Waals surface area (Å²) < 4.78 is 5.20. The van der Waals surface area contributed by atoms with E-state index in [0.717, 1.165) is 16.9 Å². The van der Waals surface area contributed by atoms with Crippen molar-refractivity contribution in [2.24, 2.45) is 20.0 Å². The third-order valence-electron chi connectivity index (χ3n) is 5.42. The number of hydrogen-bond acceptors (Lipinski definition) is 6. The summed E-state index contributed by atoms with van der Waals surface area (Å²) in [5.74, 6) is 1.25. The third kappa shape index (κ3) is 3.59. The lowest BCUT2D eigenvalue weighted by Gasteiger charge is -2.24. The second kappa shape index (κ2) is 7.96. The van der Waals surface area contributed by atoms with Crippen molar-refractivity contribution in [3.05, 3.63) is 64.7 Å². The summed E-state index contributed by atoms with van der Waals surface area (Å²) in [6.45, 7) is 0.904. The van der Waals surface area contributed by atoms with Gasteiger partial charge >= 0.3 is 6.03 Å². The van der Waals surface area contributed by atoms with E-state index in [0.29, 0.717) is 29.7 Å². The number of carbonyl (C=O) groups excluding carboxylic acids is 1. The Morgan fingerprint density at radius 1 is 1.06 bits per heavy atom. The fourth-order valence-electron chi connectivity index (χ4n) is 3.81. The second-order valence-electron chi connectivity index (χ2n) is 7.32. The van der Waals surface area contributed by atoms with Gasteiger partial charge in [-0.3, -0.25) is 9.89 Å². The maximum atomic E-state index is 12.7. The first kappa shape index (κ1) is 19.4. The highest BCUT2D eigenvalue weighted by atomic mass is 35.5. The van der Waals surface area contributed by atoms with Crippen LogP contribution in [-0.4, -0.2) is 59.4 Å². The van der Waals surface area contributed by atoms with Gasteiger partial charge in [0.15, 0.2) is 12.0 Å². The Morgan fingerprint density at radius 3 is 2.65 bits per heavy atom. The number of ether oxygens (including phenoxy) is 1. The lowest BCUT2D eigenvalue weighted by atomic mass is 10.1. The molecule has 2 amide bonds. The molecule has 5 rings (SSSR count). The van der Waals surface area contributed by atoms with Gasteiger partial charge in [-0.15, -0.1) is 0 Å². The van der Waals surface area contributed by atoms with E-state index in [-0.39, 0.29) is 12.2 Å². The molecule has 8 nitrogen and oxygen atoms in total. The quantitative estimate of drug-likeness (QED) is 0.723. The van der Waals surface area contributed by atoms with E-state index in [1.807, 2.05) is 53.4 Å². The van der Waals surface area contributed by atoms with Crippen molar-refractivity contribution in [2.45, 2.75) is 25.3 Å². The first-order valence-electron chi connectivity index (χ1n) is 9.79. The first-order chi connectivity index (χ1) is 15.1.